The minimum Gasteiger partial charge on any atom is -0.350 e. The number of urea groups is 2. The largest absolute Gasteiger partial charge is 0.350 e. The average molecular weight is 223 g/mol. The van der Waals surface area contributed by atoms with Crippen molar-refractivity contribution in [1.82, 2.24) is 10.9 Å². The summed E-state index contributed by atoms with van der Waals surface area (Å²) in [5.74, 6) is 0. The highest BCUT2D eigenvalue weighted by molar-refractivity contribution is 6.36. The molecule has 0 aliphatic heterocycles. The molecule has 0 fully saturated rings. The highest BCUT2D eigenvalue weighted by atomic mass is 16.2. The van der Waals surface area contributed by atoms with Gasteiger partial charge in [-0.3, -0.25) is 0 Å². The van der Waals surface area contributed by atoms with Crippen LogP contribution in [0.15, 0.2) is 22.4 Å². The van der Waals surface area contributed by atoms with E-state index in [0.29, 0.717) is 0 Å². The molecule has 84 valence electrons. The number of rotatable bonds is 4. The van der Waals surface area contributed by atoms with E-state index < -0.39 is 12.1 Å². The predicted molar refractivity (Wildman–Crippen MR) is 56.1 cm³/mol. The van der Waals surface area contributed by atoms with Crippen molar-refractivity contribution in [3.05, 3.63) is 12.2 Å². The molecule has 0 aromatic rings. The Balaban J connectivity index is 4.55. The fraction of sp³-hybridized carbons (Fsp3) is 0. The van der Waals surface area contributed by atoms with Crippen molar-refractivity contribution in [2.24, 2.45) is 21.7 Å². The third-order valence-corrected chi connectivity index (χ3v) is 0.995. The number of allylic oxidation sites excluding steroid dienone is 2. The van der Waals surface area contributed by atoms with Crippen molar-refractivity contribution in [3.8, 4) is 6.07 Å². The molecule has 0 aliphatic carbocycles. The van der Waals surface area contributed by atoms with E-state index >= 15 is 0 Å². The fourth-order valence-corrected chi connectivity index (χ4v) is 0.513. The highest BCUT2D eigenvalue weighted by Crippen LogP contribution is 1.78. The Kier molecular flexibility index (Phi) is 6.15. The molecule has 16 heavy (non-hydrogen) atoms. The van der Waals surface area contributed by atoms with Gasteiger partial charge in [0, 0.05) is 6.08 Å². The van der Waals surface area contributed by atoms with Crippen LogP contribution in [0.4, 0.5) is 9.59 Å². The Hall–Kier alpha value is -2.89. The summed E-state index contributed by atoms with van der Waals surface area (Å²) in [6, 6.07) is -0.0285. The van der Waals surface area contributed by atoms with E-state index in [-0.39, 0.29) is 5.71 Å². The Labute approximate surface area is 90.5 Å². The van der Waals surface area contributed by atoms with E-state index in [1.165, 1.54) is 6.08 Å². The van der Waals surface area contributed by atoms with Crippen molar-refractivity contribution < 1.29 is 9.59 Å². The van der Waals surface area contributed by atoms with Gasteiger partial charge in [0.1, 0.15) is 5.71 Å². The Morgan fingerprint density at radius 3 is 2.38 bits per heavy atom. The van der Waals surface area contributed by atoms with E-state index in [9.17, 15) is 9.59 Å². The van der Waals surface area contributed by atoms with Gasteiger partial charge in [0.15, 0.2) is 0 Å². The van der Waals surface area contributed by atoms with Crippen LogP contribution in [0.2, 0.25) is 0 Å². The zero-order valence-corrected chi connectivity index (χ0v) is 8.04. The molecule has 0 saturated carbocycles. The van der Waals surface area contributed by atoms with Crippen LogP contribution >= 0.6 is 0 Å². The van der Waals surface area contributed by atoms with E-state index in [4.69, 9.17) is 16.7 Å². The van der Waals surface area contributed by atoms with Crippen LogP contribution in [0.5, 0.6) is 0 Å². The van der Waals surface area contributed by atoms with Gasteiger partial charge in [-0.25, -0.2) is 20.4 Å². The normalized spacial score (nSPS) is 11.3. The predicted octanol–water partition coefficient (Wildman–Crippen LogP) is -1.26. The first kappa shape index (κ1) is 13.1. The van der Waals surface area contributed by atoms with Gasteiger partial charge in [-0.2, -0.15) is 15.5 Å². The summed E-state index contributed by atoms with van der Waals surface area (Å²) in [5.41, 5.74) is 13.4. The van der Waals surface area contributed by atoms with Crippen molar-refractivity contribution in [3.63, 3.8) is 0 Å². The summed E-state index contributed by atoms with van der Waals surface area (Å²) in [6.45, 7) is 0. The lowest BCUT2D eigenvalue weighted by Crippen LogP contribution is -2.27. The number of hydrogen-bond donors (Lipinski definition) is 4. The molecule has 0 bridgehead atoms. The Morgan fingerprint density at radius 2 is 1.88 bits per heavy atom. The molecule has 9 nitrogen and oxygen atoms in total. The lowest BCUT2D eigenvalue weighted by molar-refractivity contribution is 0.248. The SMILES string of the molecule is N#C/C=C/C(/C=N\NC(N)=O)=N\NC(N)=O. The van der Waals surface area contributed by atoms with Crippen molar-refractivity contribution in [2.45, 2.75) is 0 Å². The molecule has 0 radical (unpaired) electrons. The molecule has 0 aromatic heterocycles. The lowest BCUT2D eigenvalue weighted by atomic mass is 10.3. The van der Waals surface area contributed by atoms with E-state index in [2.05, 4.69) is 10.2 Å². The van der Waals surface area contributed by atoms with Gasteiger partial charge in [-0.05, 0) is 6.08 Å². The second-order valence-corrected chi connectivity index (χ2v) is 2.21. The first-order valence-electron chi connectivity index (χ1n) is 3.84. The maximum absolute atomic E-state index is 10.3. The van der Waals surface area contributed by atoms with Crippen LogP contribution in [0.1, 0.15) is 0 Å². The number of amides is 4. The third-order valence-electron chi connectivity index (χ3n) is 0.995. The van der Waals surface area contributed by atoms with Crippen LogP contribution in [-0.4, -0.2) is 24.0 Å². The molecule has 0 unspecified atom stereocenters. The Morgan fingerprint density at radius 1 is 1.25 bits per heavy atom. The van der Waals surface area contributed by atoms with Gasteiger partial charge in [0.25, 0.3) is 0 Å². The molecule has 0 aromatic carbocycles. The summed E-state index contributed by atoms with van der Waals surface area (Å²) in [6.07, 6.45) is 3.40. The monoisotopic (exact) mass is 223 g/mol. The maximum Gasteiger partial charge on any atom is 0.332 e. The molecule has 4 amide bonds. The zero-order chi connectivity index (χ0) is 12.4. The van der Waals surface area contributed by atoms with Gasteiger partial charge >= 0.3 is 12.1 Å². The second kappa shape index (κ2) is 7.51. The summed E-state index contributed by atoms with van der Waals surface area (Å²) < 4.78 is 0. The van der Waals surface area contributed by atoms with E-state index in [1.807, 2.05) is 10.9 Å². The summed E-state index contributed by atoms with van der Waals surface area (Å²) in [5, 5.41) is 15.1. The number of nitrogens with zero attached hydrogens (tertiary/aromatic N) is 3. The average Bonchev–Trinajstić information content (AvgIpc) is 2.20. The molecule has 0 heterocycles. The minimum atomic E-state index is -0.876. The van der Waals surface area contributed by atoms with Gasteiger partial charge in [-0.1, -0.05) is 0 Å². The van der Waals surface area contributed by atoms with E-state index in [1.54, 1.807) is 6.07 Å². The second-order valence-electron chi connectivity index (χ2n) is 2.21. The number of carbonyl (C=O) groups is 2. The first-order chi connectivity index (χ1) is 7.56. The van der Waals surface area contributed by atoms with Crippen molar-refractivity contribution in [1.29, 1.82) is 5.26 Å². The van der Waals surface area contributed by atoms with Crippen LogP contribution in [0.25, 0.3) is 0 Å². The molecule has 9 heteroatoms. The number of hydrazone groups is 2. The lowest BCUT2D eigenvalue weighted by Gasteiger charge is -1.94. The minimum absolute atomic E-state index is 0.0918. The van der Waals surface area contributed by atoms with Gasteiger partial charge in [0.2, 0.25) is 0 Å². The van der Waals surface area contributed by atoms with Crippen LogP contribution in [0.3, 0.4) is 0 Å². The number of nitriles is 1. The third kappa shape index (κ3) is 7.74. The first-order valence-corrected chi connectivity index (χ1v) is 3.84. The van der Waals surface area contributed by atoms with Gasteiger partial charge in [-0.15, -0.1) is 0 Å². The molecular weight excluding hydrogens is 214 g/mol. The molecule has 6 N–H and O–H groups in total. The van der Waals surface area contributed by atoms with Crippen molar-refractivity contribution >= 4 is 24.0 Å². The van der Waals surface area contributed by atoms with Crippen LogP contribution < -0.4 is 22.3 Å². The molecule has 0 rings (SSSR count). The van der Waals surface area contributed by atoms with Crippen LogP contribution in [-0.2, 0) is 0 Å². The zero-order valence-electron chi connectivity index (χ0n) is 8.04. The quantitative estimate of drug-likeness (QED) is 0.266. The number of nitrogens with one attached hydrogen (secondary N) is 2. The topological polar surface area (TPSA) is 159 Å². The van der Waals surface area contributed by atoms with E-state index in [0.717, 1.165) is 12.3 Å². The summed E-state index contributed by atoms with van der Waals surface area (Å²) in [4.78, 5) is 20.6. The number of nitrogens with two attached hydrogens (primary N) is 2. The highest BCUT2D eigenvalue weighted by Gasteiger charge is 1.92. The van der Waals surface area contributed by atoms with Gasteiger partial charge < -0.3 is 11.5 Å². The number of primary amides is 2. The number of hydrogen-bond acceptors (Lipinski definition) is 5. The maximum atomic E-state index is 10.3. The molecule has 0 spiro atoms. The smallest absolute Gasteiger partial charge is 0.332 e. The Bertz CT molecular complexity index is 390. The van der Waals surface area contributed by atoms with Crippen LogP contribution in [0, 0.1) is 11.3 Å². The molecule has 0 aliphatic rings. The standard InChI is InChI=1S/C7H9N7O2/c8-3-1-2-5(12-14-7(10)16)4-11-13-6(9)15/h1-2,4H,(H3,9,13,15)(H3,10,14,16)/b2-1+,11-4-,12-5+. The molecule has 0 saturated heterocycles. The van der Waals surface area contributed by atoms with Gasteiger partial charge in [0.05, 0.1) is 12.3 Å². The summed E-state index contributed by atoms with van der Waals surface area (Å²) >= 11 is 0. The molecule has 0 atom stereocenters. The fourth-order valence-electron chi connectivity index (χ4n) is 0.513. The number of carbonyl (C=O) groups excluding carboxylic acids is 2. The van der Waals surface area contributed by atoms with Crippen molar-refractivity contribution in [2.75, 3.05) is 0 Å². The molecular formula is C7H9N7O2. The summed E-state index contributed by atoms with van der Waals surface area (Å²) in [7, 11) is 0.